The molecule has 1 N–H and O–H groups in total. The van der Waals surface area contributed by atoms with E-state index in [2.05, 4.69) is 11.1 Å². The van der Waals surface area contributed by atoms with Gasteiger partial charge in [0.25, 0.3) is 5.91 Å². The van der Waals surface area contributed by atoms with E-state index in [9.17, 15) is 9.59 Å². The molecule has 1 aliphatic heterocycles. The number of nitrogens with zero attached hydrogens (tertiary/aromatic N) is 2. The predicted molar refractivity (Wildman–Crippen MR) is 61.3 cm³/mol. The molecule has 17 heavy (non-hydrogen) atoms. The van der Waals surface area contributed by atoms with Crippen LogP contribution in [0.4, 0.5) is 0 Å². The molecule has 0 aliphatic carbocycles. The molecular formula is C12H13N3O2. The van der Waals surface area contributed by atoms with Crippen molar-refractivity contribution in [2.45, 2.75) is 12.8 Å². The van der Waals surface area contributed by atoms with Crippen molar-refractivity contribution in [1.29, 1.82) is 5.26 Å². The van der Waals surface area contributed by atoms with Crippen molar-refractivity contribution in [2.24, 2.45) is 5.92 Å². The third-order valence-corrected chi connectivity index (χ3v) is 2.89. The number of H-pyrrole nitrogens is 1. The van der Waals surface area contributed by atoms with Gasteiger partial charge >= 0.3 is 0 Å². The van der Waals surface area contributed by atoms with Crippen LogP contribution in [0.3, 0.4) is 0 Å². The van der Waals surface area contributed by atoms with Crippen molar-refractivity contribution in [3.63, 3.8) is 0 Å². The van der Waals surface area contributed by atoms with Crippen molar-refractivity contribution in [1.82, 2.24) is 9.88 Å². The van der Waals surface area contributed by atoms with E-state index in [0.29, 0.717) is 13.1 Å². The van der Waals surface area contributed by atoms with E-state index in [-0.39, 0.29) is 23.1 Å². The van der Waals surface area contributed by atoms with Gasteiger partial charge in [-0.3, -0.25) is 9.59 Å². The van der Waals surface area contributed by atoms with Crippen molar-refractivity contribution >= 4 is 5.91 Å². The molecule has 0 bridgehead atoms. The summed E-state index contributed by atoms with van der Waals surface area (Å²) in [4.78, 5) is 27.3. The van der Waals surface area contributed by atoms with Gasteiger partial charge in [-0.05, 0) is 18.9 Å². The average Bonchev–Trinajstić information content (AvgIpc) is 2.38. The fourth-order valence-electron chi connectivity index (χ4n) is 2.01. The maximum atomic E-state index is 12.1. The normalized spacial score (nSPS) is 19.7. The van der Waals surface area contributed by atoms with Crippen molar-refractivity contribution in [3.8, 4) is 6.07 Å². The number of carbonyl (C=O) groups is 1. The molecule has 88 valence electrons. The molecule has 1 aromatic heterocycles. The lowest BCUT2D eigenvalue weighted by atomic mass is 9.99. The molecule has 2 heterocycles. The van der Waals surface area contributed by atoms with Gasteiger partial charge in [-0.25, -0.2) is 0 Å². The predicted octanol–water partition coefficient (Wildman–Crippen LogP) is 0.751. The van der Waals surface area contributed by atoms with Crippen molar-refractivity contribution in [2.75, 3.05) is 13.1 Å². The standard InChI is InChI=1S/C12H13N3O2/c13-7-9-3-2-6-15(8-9)12(17)10-4-1-5-11(16)14-10/h1,4-5,9H,2-3,6,8H2,(H,14,16). The molecule has 0 aromatic carbocycles. The Hall–Kier alpha value is -2.09. The second kappa shape index (κ2) is 4.83. The smallest absolute Gasteiger partial charge is 0.270 e. The number of carbonyl (C=O) groups excluding carboxylic acids is 1. The Morgan fingerprint density at radius 2 is 2.35 bits per heavy atom. The second-order valence-corrected chi connectivity index (χ2v) is 4.15. The molecule has 1 unspecified atom stereocenters. The molecular weight excluding hydrogens is 218 g/mol. The van der Waals surface area contributed by atoms with E-state index in [4.69, 9.17) is 5.26 Å². The molecule has 1 saturated heterocycles. The van der Waals surface area contributed by atoms with Crippen LogP contribution in [0.25, 0.3) is 0 Å². The number of aromatic nitrogens is 1. The highest BCUT2D eigenvalue weighted by atomic mass is 16.2. The number of nitriles is 1. The zero-order chi connectivity index (χ0) is 12.3. The number of amides is 1. The number of hydrogen-bond donors (Lipinski definition) is 1. The Bertz CT molecular complexity index is 515. The van der Waals surface area contributed by atoms with Crippen LogP contribution in [-0.2, 0) is 0 Å². The molecule has 0 radical (unpaired) electrons. The van der Waals surface area contributed by atoms with E-state index < -0.39 is 0 Å². The number of hydrogen-bond acceptors (Lipinski definition) is 3. The fraction of sp³-hybridized carbons (Fsp3) is 0.417. The Morgan fingerprint density at radius 3 is 3.06 bits per heavy atom. The van der Waals surface area contributed by atoms with E-state index in [1.165, 1.54) is 6.07 Å². The number of aromatic amines is 1. The lowest BCUT2D eigenvalue weighted by Gasteiger charge is -2.29. The third kappa shape index (κ3) is 2.53. The van der Waals surface area contributed by atoms with Gasteiger partial charge in [-0.2, -0.15) is 5.26 Å². The van der Waals surface area contributed by atoms with Crippen molar-refractivity contribution in [3.05, 3.63) is 34.2 Å². The van der Waals surface area contributed by atoms with Gasteiger partial charge in [-0.15, -0.1) is 0 Å². The van der Waals surface area contributed by atoms with Gasteiger partial charge in [0.2, 0.25) is 5.56 Å². The maximum absolute atomic E-state index is 12.1. The summed E-state index contributed by atoms with van der Waals surface area (Å²) in [6.07, 6.45) is 1.67. The summed E-state index contributed by atoms with van der Waals surface area (Å²) in [6, 6.07) is 6.69. The number of nitrogens with one attached hydrogen (secondary N) is 1. The summed E-state index contributed by atoms with van der Waals surface area (Å²) >= 11 is 0. The van der Waals surface area contributed by atoms with Crippen LogP contribution < -0.4 is 5.56 Å². The summed E-state index contributed by atoms with van der Waals surface area (Å²) in [7, 11) is 0. The highest BCUT2D eigenvalue weighted by Gasteiger charge is 2.24. The van der Waals surface area contributed by atoms with Gasteiger partial charge in [0.15, 0.2) is 0 Å². The second-order valence-electron chi connectivity index (χ2n) is 4.15. The zero-order valence-electron chi connectivity index (χ0n) is 9.35. The average molecular weight is 231 g/mol. The van der Waals surface area contributed by atoms with Gasteiger partial charge in [0.05, 0.1) is 12.0 Å². The molecule has 5 nitrogen and oxygen atoms in total. The van der Waals surface area contributed by atoms with E-state index >= 15 is 0 Å². The van der Waals surface area contributed by atoms with Crippen LogP contribution in [0.1, 0.15) is 23.3 Å². The SMILES string of the molecule is N#CC1CCCN(C(=O)c2cccc(=O)[nH]2)C1. The van der Waals surface area contributed by atoms with Gasteiger partial charge in [0.1, 0.15) is 5.69 Å². The Balaban J connectivity index is 2.15. The molecule has 1 aliphatic rings. The molecule has 1 fully saturated rings. The van der Waals surface area contributed by atoms with Crippen LogP contribution in [0, 0.1) is 17.2 Å². The van der Waals surface area contributed by atoms with Gasteiger partial charge in [0, 0.05) is 19.2 Å². The molecule has 1 atom stereocenters. The summed E-state index contributed by atoms with van der Waals surface area (Å²) in [5.74, 6) is -0.300. The molecule has 1 aromatic rings. The monoisotopic (exact) mass is 231 g/mol. The first-order valence-electron chi connectivity index (χ1n) is 5.59. The van der Waals surface area contributed by atoms with Crippen LogP contribution in [0.15, 0.2) is 23.0 Å². The number of likely N-dealkylation sites (tertiary alicyclic amines) is 1. The summed E-state index contributed by atoms with van der Waals surface area (Å²) < 4.78 is 0. The van der Waals surface area contributed by atoms with Crippen LogP contribution in [0.5, 0.6) is 0 Å². The molecule has 0 spiro atoms. The lowest BCUT2D eigenvalue weighted by Crippen LogP contribution is -2.40. The number of rotatable bonds is 1. The van der Waals surface area contributed by atoms with E-state index in [1.807, 2.05) is 0 Å². The Labute approximate surface area is 98.7 Å². The van der Waals surface area contributed by atoms with E-state index in [0.717, 1.165) is 12.8 Å². The third-order valence-electron chi connectivity index (χ3n) is 2.89. The van der Waals surface area contributed by atoms with E-state index in [1.54, 1.807) is 17.0 Å². The van der Waals surface area contributed by atoms with Crippen molar-refractivity contribution < 1.29 is 4.79 Å². The first-order chi connectivity index (χ1) is 8.20. The minimum atomic E-state index is -0.287. The summed E-state index contributed by atoms with van der Waals surface area (Å²) in [6.45, 7) is 1.10. The molecule has 5 heteroatoms. The topological polar surface area (TPSA) is 77.0 Å². The number of piperidine rings is 1. The quantitative estimate of drug-likeness (QED) is 0.774. The summed E-state index contributed by atoms with van der Waals surface area (Å²) in [5, 5.41) is 8.86. The Kier molecular flexibility index (Phi) is 3.24. The first-order valence-corrected chi connectivity index (χ1v) is 5.59. The molecule has 0 saturated carbocycles. The number of pyridine rings is 1. The van der Waals surface area contributed by atoms with Gasteiger partial charge in [-0.1, -0.05) is 6.07 Å². The minimum absolute atomic E-state index is 0.0943. The lowest BCUT2D eigenvalue weighted by molar-refractivity contribution is 0.0692. The summed E-state index contributed by atoms with van der Waals surface area (Å²) in [5.41, 5.74) is 0.000724. The highest BCUT2D eigenvalue weighted by Crippen LogP contribution is 2.16. The first kappa shape index (κ1) is 11.4. The largest absolute Gasteiger partial charge is 0.336 e. The van der Waals surface area contributed by atoms with Crippen LogP contribution >= 0.6 is 0 Å². The van der Waals surface area contributed by atoms with Crippen LogP contribution in [0.2, 0.25) is 0 Å². The highest BCUT2D eigenvalue weighted by molar-refractivity contribution is 5.92. The zero-order valence-corrected chi connectivity index (χ0v) is 9.35. The van der Waals surface area contributed by atoms with Crippen LogP contribution in [-0.4, -0.2) is 28.9 Å². The molecule has 1 amide bonds. The fourth-order valence-corrected chi connectivity index (χ4v) is 2.01. The Morgan fingerprint density at radius 1 is 1.53 bits per heavy atom. The molecule has 2 rings (SSSR count). The minimum Gasteiger partial charge on any atom is -0.336 e. The van der Waals surface area contributed by atoms with Gasteiger partial charge < -0.3 is 9.88 Å². The maximum Gasteiger partial charge on any atom is 0.270 e.